The minimum atomic E-state index is -3.88. The molecule has 0 unspecified atom stereocenters. The Labute approximate surface area is 153 Å². The maximum atomic E-state index is 12.7. The molecule has 25 heavy (non-hydrogen) atoms. The smallest absolute Gasteiger partial charge is 0.348 e. The van der Waals surface area contributed by atoms with Crippen molar-refractivity contribution in [3.8, 4) is 0 Å². The molecule has 0 atom stereocenters. The van der Waals surface area contributed by atoms with Gasteiger partial charge in [0, 0.05) is 5.02 Å². The van der Waals surface area contributed by atoms with Crippen LogP contribution in [0.25, 0.3) is 0 Å². The molecular weight excluding hydrogens is 360 g/mol. The first-order valence-corrected chi connectivity index (χ1v) is 9.73. The van der Waals surface area contributed by atoms with Gasteiger partial charge in [-0.25, -0.2) is 4.31 Å². The van der Waals surface area contributed by atoms with E-state index in [4.69, 9.17) is 16.3 Å². The molecule has 1 heterocycles. The average molecular weight is 379 g/mol. The highest BCUT2D eigenvalue weighted by Gasteiger charge is 2.32. The van der Waals surface area contributed by atoms with Gasteiger partial charge in [0.25, 0.3) is 0 Å². The molecule has 0 N–H and O–H groups in total. The summed E-state index contributed by atoms with van der Waals surface area (Å²) in [6.45, 7) is 4.57. The fraction of sp³-hybridized carbons (Fsp3) is 0.278. The molecule has 0 amide bonds. The van der Waals surface area contributed by atoms with E-state index in [9.17, 15) is 8.42 Å². The molecule has 0 fully saturated rings. The summed E-state index contributed by atoms with van der Waals surface area (Å²) in [7, 11) is -3.88. The van der Waals surface area contributed by atoms with Crippen LogP contribution in [0.5, 0.6) is 0 Å². The van der Waals surface area contributed by atoms with Crippen molar-refractivity contribution in [2.75, 3.05) is 10.9 Å². The highest BCUT2D eigenvalue weighted by Crippen LogP contribution is 2.31. The molecule has 3 rings (SSSR count). The maximum absolute atomic E-state index is 12.7. The molecule has 5 nitrogen and oxygen atoms in total. The lowest BCUT2D eigenvalue weighted by atomic mass is 10.1. The van der Waals surface area contributed by atoms with Crippen LogP contribution >= 0.6 is 11.6 Å². The van der Waals surface area contributed by atoms with Crippen LogP contribution in [0.3, 0.4) is 0 Å². The fourth-order valence-corrected chi connectivity index (χ4v) is 3.78. The second kappa shape index (κ2) is 7.06. The van der Waals surface area contributed by atoms with Crippen LogP contribution in [0.2, 0.25) is 5.02 Å². The van der Waals surface area contributed by atoms with Gasteiger partial charge in [-0.1, -0.05) is 49.7 Å². The maximum Gasteiger partial charge on any atom is 0.348 e. The number of fused-ring (bicyclic) bond motifs is 1. The van der Waals surface area contributed by atoms with E-state index in [0.29, 0.717) is 22.9 Å². The molecule has 0 saturated heterocycles. The summed E-state index contributed by atoms with van der Waals surface area (Å²) in [6, 6.07) is 14.3. The van der Waals surface area contributed by atoms with Gasteiger partial charge in [0.2, 0.25) is 5.90 Å². The van der Waals surface area contributed by atoms with E-state index in [1.54, 1.807) is 36.4 Å². The summed E-state index contributed by atoms with van der Waals surface area (Å²) in [5.41, 5.74) is 2.06. The first-order valence-electron chi connectivity index (χ1n) is 7.96. The largest absolute Gasteiger partial charge is 0.476 e. The van der Waals surface area contributed by atoms with E-state index in [1.807, 2.05) is 26.0 Å². The SMILES string of the molecule is CC(C)COC1=NS(=O)(=O)N(Cc2ccc(Cl)cc2)c2ccccc21. The zero-order valence-electron chi connectivity index (χ0n) is 14.0. The monoisotopic (exact) mass is 378 g/mol. The van der Waals surface area contributed by atoms with Crippen molar-refractivity contribution in [3.63, 3.8) is 0 Å². The van der Waals surface area contributed by atoms with Crippen LogP contribution in [0, 0.1) is 5.92 Å². The number of nitrogens with zero attached hydrogens (tertiary/aromatic N) is 2. The van der Waals surface area contributed by atoms with Crippen molar-refractivity contribution in [1.29, 1.82) is 0 Å². The quantitative estimate of drug-likeness (QED) is 0.807. The van der Waals surface area contributed by atoms with Gasteiger partial charge in [0.15, 0.2) is 0 Å². The third kappa shape index (κ3) is 3.96. The summed E-state index contributed by atoms with van der Waals surface area (Å²) in [4.78, 5) is 0. The first kappa shape index (κ1) is 17.8. The molecule has 0 aliphatic carbocycles. The normalized spacial score (nSPS) is 15.7. The summed E-state index contributed by atoms with van der Waals surface area (Å²) in [6.07, 6.45) is 0. The minimum Gasteiger partial charge on any atom is -0.476 e. The molecule has 132 valence electrons. The van der Waals surface area contributed by atoms with Gasteiger partial charge in [-0.2, -0.15) is 8.42 Å². The number of anilines is 1. The van der Waals surface area contributed by atoms with Crippen LogP contribution in [-0.2, 0) is 21.5 Å². The van der Waals surface area contributed by atoms with Gasteiger partial charge in [0.1, 0.15) is 0 Å². The lowest BCUT2D eigenvalue weighted by molar-refractivity contribution is 0.260. The zero-order valence-corrected chi connectivity index (χ0v) is 15.6. The van der Waals surface area contributed by atoms with Crippen LogP contribution < -0.4 is 4.31 Å². The lowest BCUT2D eigenvalue weighted by Gasteiger charge is -2.28. The number of ether oxygens (including phenoxy) is 1. The fourth-order valence-electron chi connectivity index (χ4n) is 2.47. The Morgan fingerprint density at radius 3 is 2.48 bits per heavy atom. The Hall–Kier alpha value is -2.05. The van der Waals surface area contributed by atoms with Crippen molar-refractivity contribution in [3.05, 3.63) is 64.7 Å². The third-order valence-electron chi connectivity index (χ3n) is 3.67. The van der Waals surface area contributed by atoms with Crippen LogP contribution in [-0.4, -0.2) is 20.9 Å². The van der Waals surface area contributed by atoms with Crippen molar-refractivity contribution in [2.24, 2.45) is 10.3 Å². The Balaban J connectivity index is 1.99. The van der Waals surface area contributed by atoms with Crippen molar-refractivity contribution >= 4 is 33.4 Å². The molecule has 0 bridgehead atoms. The highest BCUT2D eigenvalue weighted by atomic mass is 35.5. The van der Waals surface area contributed by atoms with E-state index >= 15 is 0 Å². The molecule has 0 aromatic heterocycles. The van der Waals surface area contributed by atoms with Crippen molar-refractivity contribution < 1.29 is 13.2 Å². The number of rotatable bonds is 4. The van der Waals surface area contributed by atoms with E-state index in [1.165, 1.54) is 4.31 Å². The second-order valence-electron chi connectivity index (χ2n) is 6.23. The Morgan fingerprint density at radius 1 is 1.12 bits per heavy atom. The molecule has 0 saturated carbocycles. The molecule has 2 aromatic rings. The zero-order chi connectivity index (χ0) is 18.0. The lowest BCUT2D eigenvalue weighted by Crippen LogP contribution is -2.35. The molecule has 1 aliphatic heterocycles. The summed E-state index contributed by atoms with van der Waals surface area (Å²) < 4.78 is 36.2. The van der Waals surface area contributed by atoms with E-state index in [-0.39, 0.29) is 18.4 Å². The molecule has 2 aromatic carbocycles. The minimum absolute atomic E-state index is 0.150. The highest BCUT2D eigenvalue weighted by molar-refractivity contribution is 7.91. The molecule has 7 heteroatoms. The van der Waals surface area contributed by atoms with Crippen LogP contribution in [0.4, 0.5) is 5.69 Å². The van der Waals surface area contributed by atoms with Gasteiger partial charge in [-0.15, -0.1) is 4.40 Å². The van der Waals surface area contributed by atoms with E-state index in [0.717, 1.165) is 5.56 Å². The number of hydrogen-bond donors (Lipinski definition) is 0. The van der Waals surface area contributed by atoms with Crippen LogP contribution in [0.1, 0.15) is 25.0 Å². The van der Waals surface area contributed by atoms with Crippen molar-refractivity contribution in [1.82, 2.24) is 0 Å². The third-order valence-corrected chi connectivity index (χ3v) is 5.20. The van der Waals surface area contributed by atoms with Crippen molar-refractivity contribution in [2.45, 2.75) is 20.4 Å². The first-order chi connectivity index (χ1) is 11.9. The Bertz CT molecular complexity index is 893. The summed E-state index contributed by atoms with van der Waals surface area (Å²) in [5.74, 6) is 0.418. The molecule has 0 spiro atoms. The van der Waals surface area contributed by atoms with E-state index < -0.39 is 10.2 Å². The van der Waals surface area contributed by atoms with Gasteiger partial charge in [0.05, 0.1) is 24.4 Å². The van der Waals surface area contributed by atoms with Gasteiger partial charge >= 0.3 is 10.2 Å². The Kier molecular flexibility index (Phi) is 5.01. The summed E-state index contributed by atoms with van der Waals surface area (Å²) >= 11 is 5.90. The van der Waals surface area contributed by atoms with E-state index in [2.05, 4.69) is 4.40 Å². The number of hydrogen-bond acceptors (Lipinski definition) is 3. The van der Waals surface area contributed by atoms with Gasteiger partial charge < -0.3 is 4.74 Å². The molecule has 0 radical (unpaired) electrons. The Morgan fingerprint density at radius 2 is 1.80 bits per heavy atom. The second-order valence-corrected chi connectivity index (χ2v) is 8.18. The van der Waals surface area contributed by atoms with Crippen LogP contribution in [0.15, 0.2) is 52.9 Å². The number of halogens is 1. The summed E-state index contributed by atoms with van der Waals surface area (Å²) in [5, 5.41) is 0.605. The number of benzene rings is 2. The molecule has 1 aliphatic rings. The number of para-hydroxylation sites is 1. The molecular formula is C18H19ClN2O3S. The van der Waals surface area contributed by atoms with Gasteiger partial charge in [-0.3, -0.25) is 0 Å². The standard InChI is InChI=1S/C18H19ClN2O3S/c1-13(2)12-24-18-16-5-3-4-6-17(16)21(25(22,23)20-18)11-14-7-9-15(19)10-8-14/h3-10,13H,11-12H2,1-2H3. The predicted octanol–water partition coefficient (Wildman–Crippen LogP) is 4.02. The average Bonchev–Trinajstić information content (AvgIpc) is 2.57. The predicted molar refractivity (Wildman–Crippen MR) is 100 cm³/mol. The topological polar surface area (TPSA) is 59.0 Å². The van der Waals surface area contributed by atoms with Gasteiger partial charge in [-0.05, 0) is 35.7 Å².